The zero-order valence-electron chi connectivity index (χ0n) is 6.01. The van der Waals surface area contributed by atoms with Gasteiger partial charge in [0.15, 0.2) is 0 Å². The van der Waals surface area contributed by atoms with E-state index in [0.717, 1.165) is 10.3 Å². The van der Waals surface area contributed by atoms with Gasteiger partial charge in [-0.25, -0.2) is 9.97 Å². The topological polar surface area (TPSA) is 46.0 Å². The Morgan fingerprint density at radius 1 is 1.58 bits per heavy atom. The molecule has 0 aromatic carbocycles. The number of hydrogen-bond acceptors (Lipinski definition) is 5. The fourth-order valence-electron chi connectivity index (χ4n) is 0.897. The largest absolute Gasteiger partial charge is 0.376 e. The lowest BCUT2D eigenvalue weighted by Gasteiger charge is -1.92. The van der Waals surface area contributed by atoms with Gasteiger partial charge in [-0.05, 0) is 12.1 Å². The van der Waals surface area contributed by atoms with Crippen molar-refractivity contribution >= 4 is 34.3 Å². The molecule has 0 amide bonds. The molecule has 0 aliphatic rings. The lowest BCUT2D eigenvalue weighted by molar-refractivity contribution is 0.272. The van der Waals surface area contributed by atoms with Gasteiger partial charge in [0, 0.05) is 6.20 Å². The van der Waals surface area contributed by atoms with E-state index in [4.69, 9.17) is 5.11 Å². The number of thiol groups is 1. The molecule has 1 atom stereocenters. The van der Waals surface area contributed by atoms with Crippen LogP contribution in [0, 0.1) is 0 Å². The molecule has 2 rings (SSSR count). The molecule has 0 aliphatic carbocycles. The molecule has 2 heterocycles. The first kappa shape index (κ1) is 7.97. The van der Waals surface area contributed by atoms with Gasteiger partial charge in [0.05, 0.1) is 0 Å². The molecule has 0 saturated carbocycles. The van der Waals surface area contributed by atoms with E-state index in [1.807, 2.05) is 12.1 Å². The number of hydrogen-bond donors (Lipinski definition) is 2. The van der Waals surface area contributed by atoms with Crippen LogP contribution in [-0.2, 0) is 0 Å². The zero-order valence-corrected chi connectivity index (χ0v) is 7.72. The Morgan fingerprint density at radius 2 is 2.42 bits per heavy atom. The molecule has 0 spiro atoms. The Hall–Kier alpha value is -0.650. The van der Waals surface area contributed by atoms with E-state index in [9.17, 15) is 0 Å². The average molecular weight is 198 g/mol. The third-order valence-corrected chi connectivity index (χ3v) is 2.85. The standard InChI is InChI=1S/C7H6N2OS2/c10-7(11)6-9-4-2-1-3-8-5(4)12-6/h1-3,7,10-11H. The van der Waals surface area contributed by atoms with Crippen LogP contribution in [0.5, 0.6) is 0 Å². The summed E-state index contributed by atoms with van der Waals surface area (Å²) in [5.74, 6) is 0. The summed E-state index contributed by atoms with van der Waals surface area (Å²) in [5, 5.41) is 9.70. The fourth-order valence-corrected chi connectivity index (χ4v) is 1.89. The first-order chi connectivity index (χ1) is 5.77. The van der Waals surface area contributed by atoms with Gasteiger partial charge < -0.3 is 5.11 Å². The maximum atomic E-state index is 9.11. The fraction of sp³-hybridized carbons (Fsp3) is 0.143. The molecular formula is C7H6N2OS2. The lowest BCUT2D eigenvalue weighted by Crippen LogP contribution is -1.83. The van der Waals surface area contributed by atoms with Gasteiger partial charge in [0.2, 0.25) is 0 Å². The van der Waals surface area contributed by atoms with Crippen molar-refractivity contribution < 1.29 is 5.11 Å². The van der Waals surface area contributed by atoms with Gasteiger partial charge in [0.25, 0.3) is 0 Å². The molecule has 3 nitrogen and oxygen atoms in total. The van der Waals surface area contributed by atoms with E-state index in [1.54, 1.807) is 6.20 Å². The monoisotopic (exact) mass is 198 g/mol. The lowest BCUT2D eigenvalue weighted by atomic mass is 10.5. The summed E-state index contributed by atoms with van der Waals surface area (Å²) in [7, 11) is 0. The molecule has 0 saturated heterocycles. The summed E-state index contributed by atoms with van der Waals surface area (Å²) >= 11 is 5.23. The van der Waals surface area contributed by atoms with Gasteiger partial charge in [-0.3, -0.25) is 0 Å². The number of aliphatic hydroxyl groups excluding tert-OH is 1. The van der Waals surface area contributed by atoms with Crippen LogP contribution in [0.1, 0.15) is 10.4 Å². The average Bonchev–Trinajstić information content (AvgIpc) is 2.46. The Balaban J connectivity index is 2.62. The Bertz CT molecular complexity index is 366. The highest BCUT2D eigenvalue weighted by Crippen LogP contribution is 2.25. The third kappa shape index (κ3) is 1.31. The second-order valence-corrected chi connectivity index (χ2v) is 3.75. The molecule has 0 bridgehead atoms. The summed E-state index contributed by atoms with van der Waals surface area (Å²) in [6, 6.07) is 3.68. The maximum absolute atomic E-state index is 9.11. The van der Waals surface area contributed by atoms with E-state index in [0.29, 0.717) is 5.01 Å². The molecule has 0 fully saturated rings. The van der Waals surface area contributed by atoms with Crippen LogP contribution in [0.4, 0.5) is 0 Å². The predicted molar refractivity (Wildman–Crippen MR) is 51.4 cm³/mol. The summed E-state index contributed by atoms with van der Waals surface area (Å²) in [6.07, 6.45) is 1.70. The van der Waals surface area contributed by atoms with Crippen molar-refractivity contribution in [1.82, 2.24) is 9.97 Å². The number of nitrogens with zero attached hydrogens (tertiary/aromatic N) is 2. The quantitative estimate of drug-likeness (QED) is 0.540. The molecule has 12 heavy (non-hydrogen) atoms. The SMILES string of the molecule is OC(S)c1nc2cccnc2s1. The van der Waals surface area contributed by atoms with Gasteiger partial charge in [-0.2, -0.15) is 0 Å². The normalized spacial score (nSPS) is 13.5. The van der Waals surface area contributed by atoms with Crippen molar-refractivity contribution in [3.8, 4) is 0 Å². The van der Waals surface area contributed by atoms with Gasteiger partial charge in [-0.1, -0.05) is 11.3 Å². The highest BCUT2D eigenvalue weighted by Gasteiger charge is 2.08. The summed E-state index contributed by atoms with van der Waals surface area (Å²) in [4.78, 5) is 9.07. The van der Waals surface area contributed by atoms with Crippen LogP contribution < -0.4 is 0 Å². The summed E-state index contributed by atoms with van der Waals surface area (Å²) in [5.41, 5.74) is 0.00907. The number of pyridine rings is 1. The maximum Gasteiger partial charge on any atom is 0.148 e. The minimum absolute atomic E-state index is 0.590. The highest BCUT2D eigenvalue weighted by atomic mass is 32.1. The van der Waals surface area contributed by atoms with E-state index >= 15 is 0 Å². The number of thiazole rings is 1. The number of aliphatic hydroxyl groups is 1. The van der Waals surface area contributed by atoms with Crippen LogP contribution in [-0.4, -0.2) is 15.1 Å². The molecule has 1 N–H and O–H groups in total. The first-order valence-electron chi connectivity index (χ1n) is 3.35. The van der Waals surface area contributed by atoms with Gasteiger partial charge in [-0.15, -0.1) is 12.6 Å². The molecule has 2 aromatic heterocycles. The Morgan fingerprint density at radius 3 is 3.08 bits per heavy atom. The van der Waals surface area contributed by atoms with E-state index in [2.05, 4.69) is 22.6 Å². The second-order valence-electron chi connectivity index (χ2n) is 2.25. The summed E-state index contributed by atoms with van der Waals surface area (Å²) in [6.45, 7) is 0. The van der Waals surface area contributed by atoms with Crippen LogP contribution >= 0.6 is 24.0 Å². The Labute approximate surface area is 78.5 Å². The molecule has 5 heteroatoms. The van der Waals surface area contributed by atoms with E-state index in [1.165, 1.54) is 11.3 Å². The van der Waals surface area contributed by atoms with Crippen LogP contribution in [0.15, 0.2) is 18.3 Å². The van der Waals surface area contributed by atoms with Crippen LogP contribution in [0.3, 0.4) is 0 Å². The van der Waals surface area contributed by atoms with Crippen molar-refractivity contribution in [3.05, 3.63) is 23.3 Å². The van der Waals surface area contributed by atoms with Crippen molar-refractivity contribution in [2.45, 2.75) is 5.44 Å². The minimum atomic E-state index is -0.802. The minimum Gasteiger partial charge on any atom is -0.376 e. The van der Waals surface area contributed by atoms with Crippen LogP contribution in [0.25, 0.3) is 10.3 Å². The molecule has 0 aliphatic heterocycles. The van der Waals surface area contributed by atoms with Gasteiger partial charge in [0.1, 0.15) is 20.8 Å². The predicted octanol–water partition coefficient (Wildman–Crippen LogP) is 1.61. The molecule has 62 valence electrons. The first-order valence-corrected chi connectivity index (χ1v) is 4.68. The van der Waals surface area contributed by atoms with Crippen molar-refractivity contribution in [1.29, 1.82) is 0 Å². The van der Waals surface area contributed by atoms with E-state index < -0.39 is 5.44 Å². The Kier molecular flexibility index (Phi) is 2.00. The van der Waals surface area contributed by atoms with E-state index in [-0.39, 0.29) is 0 Å². The van der Waals surface area contributed by atoms with Crippen molar-refractivity contribution in [2.75, 3.05) is 0 Å². The zero-order chi connectivity index (χ0) is 8.55. The smallest absolute Gasteiger partial charge is 0.148 e. The van der Waals surface area contributed by atoms with Crippen LogP contribution in [0.2, 0.25) is 0 Å². The van der Waals surface area contributed by atoms with Gasteiger partial charge >= 0.3 is 0 Å². The molecular weight excluding hydrogens is 192 g/mol. The molecule has 0 radical (unpaired) electrons. The summed E-state index contributed by atoms with van der Waals surface area (Å²) < 4.78 is 0. The number of rotatable bonds is 1. The number of fused-ring (bicyclic) bond motifs is 1. The number of aromatic nitrogens is 2. The second kappa shape index (κ2) is 3.01. The third-order valence-electron chi connectivity index (χ3n) is 1.40. The van der Waals surface area contributed by atoms with Crippen molar-refractivity contribution in [3.63, 3.8) is 0 Å². The van der Waals surface area contributed by atoms with Crippen molar-refractivity contribution in [2.24, 2.45) is 0 Å². The molecule has 2 aromatic rings. The molecule has 1 unspecified atom stereocenters. The highest BCUT2D eigenvalue weighted by molar-refractivity contribution is 7.80.